The van der Waals surface area contributed by atoms with Gasteiger partial charge in [0, 0.05) is 19.5 Å². The van der Waals surface area contributed by atoms with Gasteiger partial charge in [-0.05, 0) is 38.8 Å². The van der Waals surface area contributed by atoms with Crippen LogP contribution in [0.4, 0.5) is 17.5 Å². The number of carbonyl (C=O) groups is 3. The van der Waals surface area contributed by atoms with E-state index in [1.165, 1.54) is 0 Å². The van der Waals surface area contributed by atoms with E-state index in [1.54, 1.807) is 36.1 Å². The normalized spacial score (nSPS) is 19.4. The first-order chi connectivity index (χ1) is 16.9. The summed E-state index contributed by atoms with van der Waals surface area (Å²) >= 11 is 0. The van der Waals surface area contributed by atoms with Crippen molar-refractivity contribution < 1.29 is 23.9 Å². The van der Waals surface area contributed by atoms with E-state index >= 15 is 0 Å². The van der Waals surface area contributed by atoms with Crippen molar-refractivity contribution in [2.45, 2.75) is 39.0 Å². The van der Waals surface area contributed by atoms with Crippen molar-refractivity contribution in [1.82, 2.24) is 9.97 Å². The maximum Gasteiger partial charge on any atom is 0.310 e. The Morgan fingerprint density at radius 2 is 2.00 bits per heavy atom. The summed E-state index contributed by atoms with van der Waals surface area (Å²) < 4.78 is 10.7. The van der Waals surface area contributed by atoms with E-state index in [0.717, 1.165) is 6.42 Å². The SMILES string of the molecule is CCOC(=O)C1CCCN(c2nc3c(c(=O)[nH]2)C(C(=O)Nc2ccccc2OCC)CC(=O)N3)C1. The van der Waals surface area contributed by atoms with E-state index in [4.69, 9.17) is 9.47 Å². The van der Waals surface area contributed by atoms with Crippen molar-refractivity contribution in [1.29, 1.82) is 0 Å². The third kappa shape index (κ3) is 5.28. The van der Waals surface area contributed by atoms with Crippen LogP contribution in [0, 0.1) is 5.92 Å². The van der Waals surface area contributed by atoms with Gasteiger partial charge in [0.25, 0.3) is 5.56 Å². The van der Waals surface area contributed by atoms with Gasteiger partial charge in [-0.25, -0.2) is 0 Å². The number of H-pyrrole nitrogens is 1. The molecule has 1 saturated heterocycles. The van der Waals surface area contributed by atoms with Crippen LogP contribution in [0.25, 0.3) is 0 Å². The number of nitrogens with zero attached hydrogens (tertiary/aromatic N) is 2. The van der Waals surface area contributed by atoms with Gasteiger partial charge in [-0.15, -0.1) is 0 Å². The number of carbonyl (C=O) groups excluding carboxylic acids is 3. The van der Waals surface area contributed by atoms with Crippen molar-refractivity contribution >= 4 is 35.2 Å². The number of benzene rings is 1. The third-order valence-electron chi connectivity index (χ3n) is 6.04. The number of anilines is 3. The summed E-state index contributed by atoms with van der Waals surface area (Å²) in [6, 6.07) is 6.95. The Morgan fingerprint density at radius 1 is 1.20 bits per heavy atom. The Hall–Kier alpha value is -3.89. The maximum atomic E-state index is 13.2. The van der Waals surface area contributed by atoms with Gasteiger partial charge in [0.05, 0.1) is 36.3 Å². The highest BCUT2D eigenvalue weighted by atomic mass is 16.5. The molecule has 2 aliphatic rings. The molecule has 1 aromatic heterocycles. The van der Waals surface area contributed by atoms with Gasteiger partial charge < -0.3 is 25.0 Å². The highest BCUT2D eigenvalue weighted by molar-refractivity contribution is 6.05. The van der Waals surface area contributed by atoms with Crippen LogP contribution in [-0.2, 0) is 19.1 Å². The van der Waals surface area contributed by atoms with Crippen molar-refractivity contribution in [3.05, 3.63) is 40.2 Å². The number of ether oxygens (including phenoxy) is 2. The summed E-state index contributed by atoms with van der Waals surface area (Å²) in [7, 11) is 0. The summed E-state index contributed by atoms with van der Waals surface area (Å²) in [5, 5.41) is 5.40. The van der Waals surface area contributed by atoms with Crippen molar-refractivity contribution in [2.24, 2.45) is 5.92 Å². The maximum absolute atomic E-state index is 13.2. The summed E-state index contributed by atoms with van der Waals surface area (Å²) in [5.74, 6) is -1.77. The number of esters is 1. The summed E-state index contributed by atoms with van der Waals surface area (Å²) in [5.41, 5.74) is 0.0337. The van der Waals surface area contributed by atoms with E-state index in [1.807, 2.05) is 6.92 Å². The van der Waals surface area contributed by atoms with Gasteiger partial charge >= 0.3 is 5.97 Å². The van der Waals surface area contributed by atoms with Crippen LogP contribution in [0.5, 0.6) is 5.75 Å². The molecule has 11 nitrogen and oxygen atoms in total. The molecule has 4 rings (SSSR count). The van der Waals surface area contributed by atoms with Crippen molar-refractivity contribution in [3.8, 4) is 5.75 Å². The predicted octanol–water partition coefficient (Wildman–Crippen LogP) is 2.01. The highest BCUT2D eigenvalue weighted by Crippen LogP contribution is 2.32. The molecule has 0 saturated carbocycles. The van der Waals surface area contributed by atoms with Gasteiger partial charge in [0.15, 0.2) is 0 Å². The zero-order valence-electron chi connectivity index (χ0n) is 19.8. The molecule has 3 N–H and O–H groups in total. The van der Waals surface area contributed by atoms with E-state index < -0.39 is 23.3 Å². The standard InChI is InChI=1S/C24H29N5O6/c1-3-34-17-10-6-5-9-16(17)25-21(31)15-12-18(30)26-20-19(15)22(32)28-24(27-20)29-11-7-8-14(13-29)23(33)35-4-2/h5-6,9-10,14-15H,3-4,7-8,11-13H2,1-2H3,(H,25,31)(H2,26,27,28,30,32). The monoisotopic (exact) mass is 483 g/mol. The van der Waals surface area contributed by atoms with Gasteiger partial charge in [-0.2, -0.15) is 4.98 Å². The molecule has 2 atom stereocenters. The lowest BCUT2D eigenvalue weighted by atomic mass is 9.92. The molecule has 2 aromatic rings. The van der Waals surface area contributed by atoms with Gasteiger partial charge in [-0.1, -0.05) is 12.1 Å². The van der Waals surface area contributed by atoms with E-state index in [9.17, 15) is 19.2 Å². The topological polar surface area (TPSA) is 143 Å². The Kier molecular flexibility index (Phi) is 7.33. The molecule has 1 aromatic carbocycles. The van der Waals surface area contributed by atoms with Crippen LogP contribution < -0.4 is 25.8 Å². The Morgan fingerprint density at radius 3 is 2.77 bits per heavy atom. The fraction of sp³-hybridized carbons (Fsp3) is 0.458. The zero-order chi connectivity index (χ0) is 24.9. The summed E-state index contributed by atoms with van der Waals surface area (Å²) in [4.78, 5) is 59.9. The van der Waals surface area contributed by atoms with Crippen LogP contribution >= 0.6 is 0 Å². The Balaban J connectivity index is 1.59. The van der Waals surface area contributed by atoms with Gasteiger partial charge in [-0.3, -0.25) is 24.2 Å². The largest absolute Gasteiger partial charge is 0.492 e. The second-order valence-electron chi connectivity index (χ2n) is 8.41. The lowest BCUT2D eigenvalue weighted by Crippen LogP contribution is -2.42. The number of hydrogen-bond acceptors (Lipinski definition) is 8. The quantitative estimate of drug-likeness (QED) is 0.508. The molecule has 0 bridgehead atoms. The molecule has 1 fully saturated rings. The molecule has 2 amide bonds. The molecule has 0 radical (unpaired) electrons. The number of piperidine rings is 1. The number of aromatic nitrogens is 2. The minimum absolute atomic E-state index is 0.0523. The number of aromatic amines is 1. The number of nitrogens with one attached hydrogen (secondary N) is 3. The summed E-state index contributed by atoms with van der Waals surface area (Å²) in [6.07, 6.45) is 1.22. The van der Waals surface area contributed by atoms with Crippen LogP contribution in [-0.4, -0.2) is 54.1 Å². The molecular weight excluding hydrogens is 454 g/mol. The minimum Gasteiger partial charge on any atom is -0.492 e. The number of amides is 2. The number of fused-ring (bicyclic) bond motifs is 1. The predicted molar refractivity (Wildman–Crippen MR) is 129 cm³/mol. The fourth-order valence-electron chi connectivity index (χ4n) is 4.43. The van der Waals surface area contributed by atoms with E-state index in [0.29, 0.717) is 44.2 Å². The smallest absolute Gasteiger partial charge is 0.310 e. The first kappa shape index (κ1) is 24.2. The second-order valence-corrected chi connectivity index (χ2v) is 8.41. The average molecular weight is 484 g/mol. The zero-order valence-corrected chi connectivity index (χ0v) is 19.8. The van der Waals surface area contributed by atoms with Crippen LogP contribution in [0.3, 0.4) is 0 Å². The molecule has 35 heavy (non-hydrogen) atoms. The second kappa shape index (κ2) is 10.6. The summed E-state index contributed by atoms with van der Waals surface area (Å²) in [6.45, 7) is 5.23. The molecule has 2 aliphatic heterocycles. The van der Waals surface area contributed by atoms with E-state index in [2.05, 4.69) is 20.6 Å². The van der Waals surface area contributed by atoms with E-state index in [-0.39, 0.29) is 35.6 Å². The molecule has 0 spiro atoms. The van der Waals surface area contributed by atoms with Crippen LogP contribution in [0.15, 0.2) is 29.1 Å². The highest BCUT2D eigenvalue weighted by Gasteiger charge is 2.36. The first-order valence-corrected chi connectivity index (χ1v) is 11.8. The van der Waals surface area contributed by atoms with Crippen molar-refractivity contribution in [2.75, 3.05) is 41.8 Å². The third-order valence-corrected chi connectivity index (χ3v) is 6.04. The fourth-order valence-corrected chi connectivity index (χ4v) is 4.43. The molecule has 186 valence electrons. The van der Waals surface area contributed by atoms with Gasteiger partial charge in [0.2, 0.25) is 17.8 Å². The lowest BCUT2D eigenvalue weighted by Gasteiger charge is -2.32. The Labute approximate surface area is 202 Å². The molecule has 0 aliphatic carbocycles. The number of hydrogen-bond donors (Lipinski definition) is 3. The first-order valence-electron chi connectivity index (χ1n) is 11.8. The number of rotatable bonds is 7. The lowest BCUT2D eigenvalue weighted by molar-refractivity contribution is -0.148. The average Bonchev–Trinajstić information content (AvgIpc) is 2.84. The molecule has 11 heteroatoms. The molecule has 3 heterocycles. The van der Waals surface area contributed by atoms with Crippen molar-refractivity contribution in [3.63, 3.8) is 0 Å². The molecule has 2 unspecified atom stereocenters. The minimum atomic E-state index is -1.02. The number of para-hydroxylation sites is 2. The molecular formula is C24H29N5O6. The Bertz CT molecular complexity index is 1180. The van der Waals surface area contributed by atoms with Crippen LogP contribution in [0.2, 0.25) is 0 Å². The van der Waals surface area contributed by atoms with Crippen LogP contribution in [0.1, 0.15) is 44.6 Å². The van der Waals surface area contributed by atoms with Gasteiger partial charge in [0.1, 0.15) is 11.6 Å².